The summed E-state index contributed by atoms with van der Waals surface area (Å²) in [5.41, 5.74) is 3.35. The van der Waals surface area contributed by atoms with Gasteiger partial charge in [-0.1, -0.05) is 38.1 Å². The molecule has 3 rings (SSSR count). The predicted molar refractivity (Wildman–Crippen MR) is 85.6 cm³/mol. The summed E-state index contributed by atoms with van der Waals surface area (Å²) in [6.07, 6.45) is 1.88. The highest BCUT2D eigenvalue weighted by atomic mass is 15.3. The monoisotopic (exact) mass is 280 g/mol. The van der Waals surface area contributed by atoms with Gasteiger partial charge < -0.3 is 5.32 Å². The summed E-state index contributed by atoms with van der Waals surface area (Å²) in [5.74, 6) is 0.863. The molecule has 2 aromatic heterocycles. The van der Waals surface area contributed by atoms with E-state index in [1.807, 2.05) is 36.0 Å². The first-order chi connectivity index (χ1) is 10.1. The van der Waals surface area contributed by atoms with Crippen molar-refractivity contribution in [3.8, 4) is 5.82 Å². The van der Waals surface area contributed by atoms with Gasteiger partial charge in [0.15, 0.2) is 5.82 Å². The summed E-state index contributed by atoms with van der Waals surface area (Å²) >= 11 is 0. The molecule has 0 saturated heterocycles. The lowest BCUT2D eigenvalue weighted by atomic mass is 10.2. The number of hydrogen-bond acceptors (Lipinski definition) is 3. The molecule has 21 heavy (non-hydrogen) atoms. The number of aryl methyl sites for hydroxylation is 1. The van der Waals surface area contributed by atoms with E-state index in [9.17, 15) is 0 Å². The fraction of sp³-hybridized carbons (Fsp3) is 0.294. The Balaban J connectivity index is 1.95. The third-order valence-electron chi connectivity index (χ3n) is 3.58. The maximum absolute atomic E-state index is 4.70. The molecule has 0 atom stereocenters. The molecule has 1 aromatic carbocycles. The van der Waals surface area contributed by atoms with Gasteiger partial charge in [0.2, 0.25) is 0 Å². The van der Waals surface area contributed by atoms with Crippen molar-refractivity contribution in [2.45, 2.75) is 33.4 Å². The molecule has 0 spiro atoms. The summed E-state index contributed by atoms with van der Waals surface area (Å²) in [5, 5.41) is 9.00. The van der Waals surface area contributed by atoms with E-state index in [-0.39, 0.29) is 0 Å². The zero-order valence-corrected chi connectivity index (χ0v) is 12.7. The first-order valence-corrected chi connectivity index (χ1v) is 7.28. The quantitative estimate of drug-likeness (QED) is 0.798. The van der Waals surface area contributed by atoms with E-state index in [0.717, 1.165) is 29.0 Å². The van der Waals surface area contributed by atoms with E-state index < -0.39 is 0 Å². The number of aromatic nitrogens is 3. The second kappa shape index (κ2) is 5.66. The largest absolute Gasteiger partial charge is 0.310 e. The lowest BCUT2D eigenvalue weighted by Crippen LogP contribution is -2.22. The Morgan fingerprint density at radius 2 is 1.95 bits per heavy atom. The molecule has 0 radical (unpaired) electrons. The normalized spacial score (nSPS) is 11.4. The number of pyridine rings is 1. The van der Waals surface area contributed by atoms with Crippen molar-refractivity contribution in [1.82, 2.24) is 20.1 Å². The van der Waals surface area contributed by atoms with Crippen LogP contribution < -0.4 is 5.32 Å². The van der Waals surface area contributed by atoms with Gasteiger partial charge in [0.05, 0.1) is 11.7 Å². The van der Waals surface area contributed by atoms with E-state index in [2.05, 4.69) is 42.5 Å². The maximum atomic E-state index is 4.70. The third-order valence-corrected chi connectivity index (χ3v) is 3.58. The summed E-state index contributed by atoms with van der Waals surface area (Å²) < 4.78 is 1.89. The summed E-state index contributed by atoms with van der Waals surface area (Å²) in [6.45, 7) is 7.18. The Hall–Kier alpha value is -2.20. The average Bonchev–Trinajstić information content (AvgIpc) is 2.89. The van der Waals surface area contributed by atoms with Crippen molar-refractivity contribution < 1.29 is 0 Å². The van der Waals surface area contributed by atoms with E-state index >= 15 is 0 Å². The van der Waals surface area contributed by atoms with Crippen LogP contribution in [0.25, 0.3) is 16.7 Å². The Morgan fingerprint density at radius 3 is 2.71 bits per heavy atom. The van der Waals surface area contributed by atoms with Crippen LogP contribution in [-0.4, -0.2) is 20.8 Å². The van der Waals surface area contributed by atoms with Gasteiger partial charge in [-0.25, -0.2) is 9.67 Å². The molecule has 1 N–H and O–H groups in total. The van der Waals surface area contributed by atoms with Gasteiger partial charge in [-0.15, -0.1) is 0 Å². The van der Waals surface area contributed by atoms with Gasteiger partial charge in [-0.3, -0.25) is 0 Å². The zero-order valence-electron chi connectivity index (χ0n) is 12.7. The van der Waals surface area contributed by atoms with E-state index in [1.165, 1.54) is 5.56 Å². The van der Waals surface area contributed by atoms with Crippen molar-refractivity contribution in [1.29, 1.82) is 0 Å². The van der Waals surface area contributed by atoms with Crippen molar-refractivity contribution in [3.05, 3.63) is 53.9 Å². The van der Waals surface area contributed by atoms with Gasteiger partial charge in [0.1, 0.15) is 0 Å². The van der Waals surface area contributed by atoms with Crippen LogP contribution in [0.3, 0.4) is 0 Å². The van der Waals surface area contributed by atoms with E-state index in [1.54, 1.807) is 0 Å². The van der Waals surface area contributed by atoms with Crippen molar-refractivity contribution in [3.63, 3.8) is 0 Å². The smallest absolute Gasteiger partial charge is 0.154 e. The molecule has 4 nitrogen and oxygen atoms in total. The summed E-state index contributed by atoms with van der Waals surface area (Å²) in [6, 6.07) is 12.8. The van der Waals surface area contributed by atoms with Crippen LogP contribution in [0.15, 0.2) is 42.6 Å². The minimum atomic E-state index is 0.471. The van der Waals surface area contributed by atoms with Crippen LogP contribution in [0, 0.1) is 6.92 Å². The second-order valence-corrected chi connectivity index (χ2v) is 5.56. The first-order valence-electron chi connectivity index (χ1n) is 7.28. The minimum Gasteiger partial charge on any atom is -0.310 e. The number of nitrogens with one attached hydrogen (secondary N) is 1. The molecule has 3 aromatic rings. The van der Waals surface area contributed by atoms with E-state index in [4.69, 9.17) is 4.98 Å². The molecule has 0 aliphatic heterocycles. The van der Waals surface area contributed by atoms with Crippen LogP contribution >= 0.6 is 0 Å². The lowest BCUT2D eigenvalue weighted by molar-refractivity contribution is 0.586. The topological polar surface area (TPSA) is 42.7 Å². The van der Waals surface area contributed by atoms with Crippen LogP contribution in [0.2, 0.25) is 0 Å². The Labute approximate surface area is 124 Å². The average molecular weight is 280 g/mol. The molecule has 0 unspecified atom stereocenters. The van der Waals surface area contributed by atoms with Gasteiger partial charge in [0.25, 0.3) is 0 Å². The predicted octanol–water partition coefficient (Wildman–Crippen LogP) is 3.23. The molecule has 2 heterocycles. The zero-order chi connectivity index (χ0) is 14.8. The third kappa shape index (κ3) is 2.81. The second-order valence-electron chi connectivity index (χ2n) is 5.56. The number of hydrogen-bond donors (Lipinski definition) is 1. The van der Waals surface area contributed by atoms with Crippen LogP contribution in [0.4, 0.5) is 0 Å². The van der Waals surface area contributed by atoms with E-state index in [0.29, 0.717) is 6.04 Å². The minimum absolute atomic E-state index is 0.471. The molecule has 0 aliphatic carbocycles. The summed E-state index contributed by atoms with van der Waals surface area (Å²) in [4.78, 5) is 4.70. The molecule has 0 saturated carbocycles. The van der Waals surface area contributed by atoms with Crippen LogP contribution in [0.5, 0.6) is 0 Å². The van der Waals surface area contributed by atoms with Gasteiger partial charge >= 0.3 is 0 Å². The van der Waals surface area contributed by atoms with Gasteiger partial charge in [-0.05, 0) is 24.6 Å². The standard InChI is InChI=1S/C17H20N4/c1-12(2)18-10-14-8-9-17(20-13(14)3)21-16-7-5-4-6-15(16)11-19-21/h4-9,11-12,18H,10H2,1-3H3. The van der Waals surface area contributed by atoms with Gasteiger partial charge in [0, 0.05) is 23.7 Å². The van der Waals surface area contributed by atoms with Gasteiger partial charge in [-0.2, -0.15) is 5.10 Å². The molecular weight excluding hydrogens is 260 g/mol. The Morgan fingerprint density at radius 1 is 1.14 bits per heavy atom. The van der Waals surface area contributed by atoms with Crippen molar-refractivity contribution >= 4 is 10.9 Å². The molecule has 4 heteroatoms. The highest BCUT2D eigenvalue weighted by Gasteiger charge is 2.08. The SMILES string of the molecule is Cc1nc(-n2ncc3ccccc32)ccc1CNC(C)C. The fourth-order valence-electron chi connectivity index (χ4n) is 2.35. The number of para-hydroxylation sites is 1. The number of benzene rings is 1. The first kappa shape index (κ1) is 13.8. The lowest BCUT2D eigenvalue weighted by Gasteiger charge is -2.11. The number of rotatable bonds is 4. The Bertz CT molecular complexity index is 758. The summed E-state index contributed by atoms with van der Waals surface area (Å²) in [7, 11) is 0. The molecular formula is C17H20N4. The molecule has 0 amide bonds. The molecule has 0 bridgehead atoms. The maximum Gasteiger partial charge on any atom is 0.154 e. The number of fused-ring (bicyclic) bond motifs is 1. The van der Waals surface area contributed by atoms with Crippen molar-refractivity contribution in [2.24, 2.45) is 0 Å². The molecule has 0 fully saturated rings. The highest BCUT2D eigenvalue weighted by Crippen LogP contribution is 2.18. The molecule has 108 valence electrons. The highest BCUT2D eigenvalue weighted by molar-refractivity contribution is 5.79. The van der Waals surface area contributed by atoms with Crippen LogP contribution in [0.1, 0.15) is 25.1 Å². The molecule has 0 aliphatic rings. The Kier molecular flexibility index (Phi) is 3.71. The fourth-order valence-corrected chi connectivity index (χ4v) is 2.35. The van der Waals surface area contributed by atoms with Crippen molar-refractivity contribution in [2.75, 3.05) is 0 Å². The van der Waals surface area contributed by atoms with Crippen LogP contribution in [-0.2, 0) is 6.54 Å². The number of nitrogens with zero attached hydrogens (tertiary/aromatic N) is 3.